The number of H-pyrrole nitrogens is 1. The number of aromatic nitrogens is 1. The molecule has 1 amide bonds. The summed E-state index contributed by atoms with van der Waals surface area (Å²) in [6.07, 6.45) is 5.56. The van der Waals surface area contributed by atoms with Gasteiger partial charge in [-0.05, 0) is 43.7 Å². The van der Waals surface area contributed by atoms with E-state index in [1.54, 1.807) is 0 Å². The van der Waals surface area contributed by atoms with Crippen LogP contribution >= 0.6 is 0 Å². The summed E-state index contributed by atoms with van der Waals surface area (Å²) in [5, 5.41) is 4.32. The van der Waals surface area contributed by atoms with E-state index in [-0.39, 0.29) is 11.9 Å². The fourth-order valence-electron chi connectivity index (χ4n) is 2.59. The van der Waals surface area contributed by atoms with Crippen molar-refractivity contribution in [2.24, 2.45) is 5.92 Å². The van der Waals surface area contributed by atoms with Gasteiger partial charge in [-0.3, -0.25) is 4.79 Å². The minimum Gasteiger partial charge on any atom is -0.361 e. The third kappa shape index (κ3) is 4.62. The summed E-state index contributed by atoms with van der Waals surface area (Å²) in [5.41, 5.74) is 2.36. The molecular formula is C18H26N2O. The highest BCUT2D eigenvalue weighted by atomic mass is 16.1. The van der Waals surface area contributed by atoms with Crippen molar-refractivity contribution in [3.63, 3.8) is 0 Å². The lowest BCUT2D eigenvalue weighted by atomic mass is 10.0. The quantitative estimate of drug-likeness (QED) is 0.792. The third-order valence-electron chi connectivity index (χ3n) is 3.88. The van der Waals surface area contributed by atoms with Crippen molar-refractivity contribution < 1.29 is 4.79 Å². The van der Waals surface area contributed by atoms with E-state index in [1.807, 2.05) is 18.3 Å². The molecule has 1 unspecified atom stereocenters. The number of hydrogen-bond acceptors (Lipinski definition) is 1. The van der Waals surface area contributed by atoms with Crippen molar-refractivity contribution in [3.8, 4) is 0 Å². The van der Waals surface area contributed by atoms with E-state index < -0.39 is 0 Å². The molecule has 2 aromatic rings. The number of carbonyl (C=O) groups excluding carboxylic acids is 1. The molecule has 0 spiro atoms. The van der Waals surface area contributed by atoms with Crippen molar-refractivity contribution in [1.29, 1.82) is 0 Å². The molecule has 0 aliphatic carbocycles. The van der Waals surface area contributed by atoms with E-state index in [2.05, 4.69) is 43.2 Å². The molecule has 0 saturated carbocycles. The number of hydrogen-bond donors (Lipinski definition) is 2. The highest BCUT2D eigenvalue weighted by Gasteiger charge is 2.10. The van der Waals surface area contributed by atoms with Gasteiger partial charge in [-0.25, -0.2) is 0 Å². The highest BCUT2D eigenvalue weighted by Crippen LogP contribution is 2.18. The first kappa shape index (κ1) is 15.6. The van der Waals surface area contributed by atoms with E-state index in [4.69, 9.17) is 0 Å². The van der Waals surface area contributed by atoms with Crippen LogP contribution in [0.25, 0.3) is 10.9 Å². The molecule has 0 saturated heterocycles. The van der Waals surface area contributed by atoms with Crippen molar-refractivity contribution in [2.45, 2.75) is 52.5 Å². The first-order chi connectivity index (χ1) is 10.1. The summed E-state index contributed by atoms with van der Waals surface area (Å²) in [4.78, 5) is 15.3. The molecule has 1 aromatic heterocycles. The maximum absolute atomic E-state index is 12.0. The maximum Gasteiger partial charge on any atom is 0.220 e. The second-order valence-corrected chi connectivity index (χ2v) is 6.30. The largest absolute Gasteiger partial charge is 0.361 e. The second kappa shape index (κ2) is 7.30. The van der Waals surface area contributed by atoms with Gasteiger partial charge in [-0.1, -0.05) is 32.0 Å². The Bertz CT molecular complexity index is 586. The van der Waals surface area contributed by atoms with Crippen LogP contribution in [0.2, 0.25) is 0 Å². The number of benzene rings is 1. The predicted octanol–water partition coefficient (Wildman–Crippen LogP) is 4.04. The molecule has 1 atom stereocenters. The lowest BCUT2D eigenvalue weighted by Crippen LogP contribution is -2.32. The van der Waals surface area contributed by atoms with Gasteiger partial charge < -0.3 is 10.3 Å². The average molecular weight is 286 g/mol. The van der Waals surface area contributed by atoms with E-state index in [1.165, 1.54) is 10.9 Å². The number of fused-ring (bicyclic) bond motifs is 1. The van der Waals surface area contributed by atoms with Crippen LogP contribution < -0.4 is 5.32 Å². The third-order valence-corrected chi connectivity index (χ3v) is 3.88. The molecule has 2 N–H and O–H groups in total. The molecule has 0 radical (unpaired) electrons. The van der Waals surface area contributed by atoms with Gasteiger partial charge in [0.2, 0.25) is 5.91 Å². The normalized spacial score (nSPS) is 12.8. The second-order valence-electron chi connectivity index (χ2n) is 6.30. The van der Waals surface area contributed by atoms with Crippen LogP contribution in [0.3, 0.4) is 0 Å². The molecule has 0 aliphatic rings. The Morgan fingerprint density at radius 1 is 1.19 bits per heavy atom. The van der Waals surface area contributed by atoms with Crippen molar-refractivity contribution in [1.82, 2.24) is 10.3 Å². The van der Waals surface area contributed by atoms with Gasteiger partial charge in [0.15, 0.2) is 0 Å². The zero-order chi connectivity index (χ0) is 15.2. The van der Waals surface area contributed by atoms with Crippen molar-refractivity contribution in [2.75, 3.05) is 0 Å². The maximum atomic E-state index is 12.0. The SMILES string of the molecule is CC(C)CCC(C)NC(=O)CCc1c[nH]c2ccccc12. The molecule has 0 bridgehead atoms. The Hall–Kier alpha value is -1.77. The number of carbonyl (C=O) groups is 1. The molecule has 0 aliphatic heterocycles. The lowest BCUT2D eigenvalue weighted by Gasteiger charge is -2.15. The molecule has 3 nitrogen and oxygen atoms in total. The summed E-state index contributed by atoms with van der Waals surface area (Å²) in [6, 6.07) is 8.49. The Morgan fingerprint density at radius 3 is 2.71 bits per heavy atom. The molecule has 21 heavy (non-hydrogen) atoms. The van der Waals surface area contributed by atoms with Gasteiger partial charge in [0.05, 0.1) is 0 Å². The molecule has 1 heterocycles. The van der Waals surface area contributed by atoms with Gasteiger partial charge in [-0.15, -0.1) is 0 Å². The zero-order valence-electron chi connectivity index (χ0n) is 13.3. The van der Waals surface area contributed by atoms with E-state index >= 15 is 0 Å². The molecule has 2 rings (SSSR count). The lowest BCUT2D eigenvalue weighted by molar-refractivity contribution is -0.121. The van der Waals surface area contributed by atoms with E-state index in [0.29, 0.717) is 12.3 Å². The average Bonchev–Trinajstić information content (AvgIpc) is 2.86. The van der Waals surface area contributed by atoms with E-state index in [9.17, 15) is 4.79 Å². The highest BCUT2D eigenvalue weighted by molar-refractivity contribution is 5.84. The van der Waals surface area contributed by atoms with Gasteiger partial charge in [-0.2, -0.15) is 0 Å². The van der Waals surface area contributed by atoms with Gasteiger partial charge in [0, 0.05) is 29.6 Å². The standard InChI is InChI=1S/C18H26N2O/c1-13(2)8-9-14(3)20-18(21)11-10-15-12-19-17-7-5-4-6-16(15)17/h4-7,12-14,19H,8-11H2,1-3H3,(H,20,21). The van der Waals surface area contributed by atoms with Gasteiger partial charge in [0.25, 0.3) is 0 Å². The first-order valence-corrected chi connectivity index (χ1v) is 7.90. The number of amides is 1. The zero-order valence-corrected chi connectivity index (χ0v) is 13.3. The van der Waals surface area contributed by atoms with Gasteiger partial charge in [0.1, 0.15) is 0 Å². The van der Waals surface area contributed by atoms with Gasteiger partial charge >= 0.3 is 0 Å². The van der Waals surface area contributed by atoms with Crippen molar-refractivity contribution >= 4 is 16.8 Å². The summed E-state index contributed by atoms with van der Waals surface area (Å²) < 4.78 is 0. The predicted molar refractivity (Wildman–Crippen MR) is 88.3 cm³/mol. The van der Waals surface area contributed by atoms with Crippen LogP contribution in [0, 0.1) is 5.92 Å². The Balaban J connectivity index is 1.81. The molecule has 0 fully saturated rings. The Labute approximate surface area is 127 Å². The number of aromatic amines is 1. The number of aryl methyl sites for hydroxylation is 1. The van der Waals surface area contributed by atoms with Crippen molar-refractivity contribution in [3.05, 3.63) is 36.0 Å². The first-order valence-electron chi connectivity index (χ1n) is 7.90. The molecule has 1 aromatic carbocycles. The van der Waals surface area contributed by atoms with Crippen LogP contribution in [0.1, 0.15) is 45.6 Å². The summed E-state index contributed by atoms with van der Waals surface area (Å²) in [5.74, 6) is 0.840. The van der Waals surface area contributed by atoms with Crippen LogP contribution in [-0.2, 0) is 11.2 Å². The summed E-state index contributed by atoms with van der Waals surface area (Å²) in [6.45, 7) is 6.52. The van der Waals surface area contributed by atoms with Crippen LogP contribution in [-0.4, -0.2) is 16.9 Å². The van der Waals surface area contributed by atoms with Crippen LogP contribution in [0.4, 0.5) is 0 Å². The fraction of sp³-hybridized carbons (Fsp3) is 0.500. The van der Waals surface area contributed by atoms with Crippen LogP contribution in [0.15, 0.2) is 30.5 Å². The monoisotopic (exact) mass is 286 g/mol. The Kier molecular flexibility index (Phi) is 5.43. The fourth-order valence-corrected chi connectivity index (χ4v) is 2.59. The smallest absolute Gasteiger partial charge is 0.220 e. The summed E-state index contributed by atoms with van der Waals surface area (Å²) >= 11 is 0. The Morgan fingerprint density at radius 2 is 1.95 bits per heavy atom. The molecule has 3 heteroatoms. The molecular weight excluding hydrogens is 260 g/mol. The summed E-state index contributed by atoms with van der Waals surface area (Å²) in [7, 11) is 0. The molecule has 114 valence electrons. The van der Waals surface area contributed by atoms with Crippen LogP contribution in [0.5, 0.6) is 0 Å². The topological polar surface area (TPSA) is 44.9 Å². The number of para-hydroxylation sites is 1. The number of rotatable bonds is 7. The minimum atomic E-state index is 0.150. The number of nitrogens with one attached hydrogen (secondary N) is 2. The minimum absolute atomic E-state index is 0.150. The van der Waals surface area contributed by atoms with E-state index in [0.717, 1.165) is 24.8 Å².